The van der Waals surface area contributed by atoms with E-state index in [0.29, 0.717) is 12.2 Å². The second-order valence-corrected chi connectivity index (χ2v) is 5.53. The number of non-ortho nitro benzene ring substituents is 1. The first-order valence-electron chi connectivity index (χ1n) is 6.05. The van der Waals surface area contributed by atoms with E-state index in [1.54, 1.807) is 23.5 Å². The minimum absolute atomic E-state index is 0.0727. The van der Waals surface area contributed by atoms with Crippen LogP contribution in [0.4, 0.5) is 11.4 Å². The van der Waals surface area contributed by atoms with Crippen LogP contribution < -0.4 is 11.3 Å². The summed E-state index contributed by atoms with van der Waals surface area (Å²) in [6.45, 7) is 1.38. The van der Waals surface area contributed by atoms with E-state index in [-0.39, 0.29) is 5.69 Å². The number of hydrogen-bond donors (Lipinski definition) is 2. The number of nitrogens with two attached hydrogens (primary N) is 1. The van der Waals surface area contributed by atoms with E-state index >= 15 is 0 Å². The summed E-state index contributed by atoms with van der Waals surface area (Å²) in [5, 5.41) is 12.9. The van der Waals surface area contributed by atoms with Crippen LogP contribution in [0, 0.1) is 10.1 Å². The van der Waals surface area contributed by atoms with Crippen molar-refractivity contribution in [3.8, 4) is 0 Å². The van der Waals surface area contributed by atoms with Gasteiger partial charge in [0.2, 0.25) is 0 Å². The Labute approximate surface area is 120 Å². The lowest BCUT2D eigenvalue weighted by Gasteiger charge is -2.17. The molecule has 0 saturated carbocycles. The van der Waals surface area contributed by atoms with Gasteiger partial charge in [0.05, 0.1) is 10.6 Å². The van der Waals surface area contributed by atoms with Crippen LogP contribution in [-0.4, -0.2) is 16.9 Å². The van der Waals surface area contributed by atoms with Crippen LogP contribution in [0.15, 0.2) is 35.7 Å². The molecule has 0 spiro atoms. The Kier molecular flexibility index (Phi) is 4.67. The number of hydrazine groups is 1. The molecule has 0 aliphatic carbocycles. The number of benzene rings is 1. The number of nitro benzene ring substituents is 1. The largest absolute Gasteiger partial charge is 0.324 e. The zero-order chi connectivity index (χ0) is 14.5. The SMILES string of the molecule is CN(Cc1cccs1)Cc1cc([N+](=O)[O-])ccc1NN. The molecule has 1 aromatic carbocycles. The molecular formula is C13H16N4O2S. The van der Waals surface area contributed by atoms with Crippen LogP contribution in [-0.2, 0) is 13.1 Å². The number of nitrogen functional groups attached to an aromatic ring is 1. The maximum Gasteiger partial charge on any atom is 0.269 e. The monoisotopic (exact) mass is 292 g/mol. The first-order chi connectivity index (χ1) is 9.60. The van der Waals surface area contributed by atoms with Crippen molar-refractivity contribution in [3.63, 3.8) is 0 Å². The Morgan fingerprint density at radius 3 is 2.80 bits per heavy atom. The molecular weight excluding hydrogens is 276 g/mol. The summed E-state index contributed by atoms with van der Waals surface area (Å²) in [7, 11) is 1.97. The van der Waals surface area contributed by atoms with Crippen LogP contribution >= 0.6 is 11.3 Å². The molecule has 0 radical (unpaired) electrons. The Hall–Kier alpha value is -1.96. The van der Waals surface area contributed by atoms with Crippen molar-refractivity contribution in [2.24, 2.45) is 5.84 Å². The number of rotatable bonds is 6. The highest BCUT2D eigenvalue weighted by molar-refractivity contribution is 7.09. The lowest BCUT2D eigenvalue weighted by molar-refractivity contribution is -0.384. The fraction of sp³-hybridized carbons (Fsp3) is 0.231. The van der Waals surface area contributed by atoms with Gasteiger partial charge in [0, 0.05) is 30.1 Å². The second-order valence-electron chi connectivity index (χ2n) is 4.49. The molecule has 3 N–H and O–H groups in total. The van der Waals surface area contributed by atoms with Crippen molar-refractivity contribution in [1.29, 1.82) is 0 Å². The van der Waals surface area contributed by atoms with E-state index in [2.05, 4.69) is 16.4 Å². The fourth-order valence-corrected chi connectivity index (χ4v) is 2.76. The predicted molar refractivity (Wildman–Crippen MR) is 80.4 cm³/mol. The van der Waals surface area contributed by atoms with E-state index in [4.69, 9.17) is 5.84 Å². The number of nitrogens with zero attached hydrogens (tertiary/aromatic N) is 2. The van der Waals surface area contributed by atoms with Crippen molar-refractivity contribution in [3.05, 3.63) is 56.3 Å². The molecule has 0 saturated heterocycles. The zero-order valence-corrected chi connectivity index (χ0v) is 11.9. The molecule has 0 aliphatic rings. The molecule has 0 amide bonds. The lowest BCUT2D eigenvalue weighted by atomic mass is 10.1. The lowest BCUT2D eigenvalue weighted by Crippen LogP contribution is -2.19. The Balaban J connectivity index is 2.14. The van der Waals surface area contributed by atoms with E-state index in [0.717, 1.165) is 12.1 Å². The van der Waals surface area contributed by atoms with Gasteiger partial charge in [-0.3, -0.25) is 20.9 Å². The molecule has 0 atom stereocenters. The number of hydrogen-bond acceptors (Lipinski definition) is 6. The van der Waals surface area contributed by atoms with Crippen molar-refractivity contribution in [2.45, 2.75) is 13.1 Å². The quantitative estimate of drug-likeness (QED) is 0.485. The van der Waals surface area contributed by atoms with Crippen molar-refractivity contribution in [1.82, 2.24) is 4.90 Å². The third kappa shape index (κ3) is 3.53. The summed E-state index contributed by atoms with van der Waals surface area (Å²) in [6, 6.07) is 8.70. The highest BCUT2D eigenvalue weighted by Crippen LogP contribution is 2.23. The molecule has 20 heavy (non-hydrogen) atoms. The van der Waals surface area contributed by atoms with Gasteiger partial charge in [0.25, 0.3) is 5.69 Å². The number of anilines is 1. The molecule has 1 aromatic heterocycles. The van der Waals surface area contributed by atoms with Gasteiger partial charge in [0.1, 0.15) is 0 Å². The van der Waals surface area contributed by atoms with Gasteiger partial charge in [-0.1, -0.05) is 6.07 Å². The maximum absolute atomic E-state index is 10.8. The van der Waals surface area contributed by atoms with E-state index in [1.807, 2.05) is 18.5 Å². The molecule has 1 heterocycles. The molecule has 7 heteroatoms. The summed E-state index contributed by atoms with van der Waals surface area (Å²) < 4.78 is 0. The maximum atomic E-state index is 10.8. The van der Waals surface area contributed by atoms with Crippen LogP contribution in [0.3, 0.4) is 0 Å². The van der Waals surface area contributed by atoms with Gasteiger partial charge in [-0.2, -0.15) is 0 Å². The topological polar surface area (TPSA) is 84.4 Å². The summed E-state index contributed by atoms with van der Waals surface area (Å²) in [5.41, 5.74) is 4.16. The molecule has 0 bridgehead atoms. The summed E-state index contributed by atoms with van der Waals surface area (Å²) in [6.07, 6.45) is 0. The predicted octanol–water partition coefficient (Wildman–Crippen LogP) is 2.57. The smallest absolute Gasteiger partial charge is 0.269 e. The third-order valence-electron chi connectivity index (χ3n) is 2.90. The van der Waals surface area contributed by atoms with Crippen LogP contribution in [0.5, 0.6) is 0 Å². The molecule has 6 nitrogen and oxygen atoms in total. The summed E-state index contributed by atoms with van der Waals surface area (Å²) in [5.74, 6) is 5.45. The first kappa shape index (κ1) is 14.4. The van der Waals surface area contributed by atoms with Crippen molar-refractivity contribution in [2.75, 3.05) is 12.5 Å². The van der Waals surface area contributed by atoms with E-state index in [9.17, 15) is 10.1 Å². The van der Waals surface area contributed by atoms with Gasteiger partial charge in [0.15, 0.2) is 0 Å². The molecule has 2 aromatic rings. The molecule has 2 rings (SSSR count). The van der Waals surface area contributed by atoms with Gasteiger partial charge >= 0.3 is 0 Å². The minimum atomic E-state index is -0.400. The van der Waals surface area contributed by atoms with E-state index < -0.39 is 4.92 Å². The average molecular weight is 292 g/mol. The van der Waals surface area contributed by atoms with Gasteiger partial charge in [-0.15, -0.1) is 11.3 Å². The van der Waals surface area contributed by atoms with Crippen LogP contribution in [0.25, 0.3) is 0 Å². The van der Waals surface area contributed by atoms with Gasteiger partial charge in [-0.25, -0.2) is 0 Å². The third-order valence-corrected chi connectivity index (χ3v) is 3.76. The Morgan fingerprint density at radius 1 is 1.40 bits per heavy atom. The van der Waals surface area contributed by atoms with Gasteiger partial charge in [-0.05, 0) is 30.1 Å². The Morgan fingerprint density at radius 2 is 2.20 bits per heavy atom. The highest BCUT2D eigenvalue weighted by atomic mass is 32.1. The van der Waals surface area contributed by atoms with Crippen molar-refractivity contribution < 1.29 is 4.92 Å². The standard InChI is InChI=1S/C13H16N4O2S/c1-16(9-12-3-2-6-20-12)8-10-7-11(17(18)19)4-5-13(10)15-14/h2-7,15H,8-9,14H2,1H3. The second kappa shape index (κ2) is 6.47. The number of thiophene rings is 1. The average Bonchev–Trinajstić information content (AvgIpc) is 2.91. The van der Waals surface area contributed by atoms with Gasteiger partial charge < -0.3 is 5.43 Å². The summed E-state index contributed by atoms with van der Waals surface area (Å²) >= 11 is 1.69. The normalized spacial score (nSPS) is 10.8. The minimum Gasteiger partial charge on any atom is -0.324 e. The molecule has 0 fully saturated rings. The molecule has 0 unspecified atom stereocenters. The molecule has 0 aliphatic heterocycles. The number of nitro groups is 1. The fourth-order valence-electron chi connectivity index (χ4n) is 1.98. The number of nitrogens with one attached hydrogen (secondary N) is 1. The first-order valence-corrected chi connectivity index (χ1v) is 6.93. The van der Waals surface area contributed by atoms with Crippen LogP contribution in [0.2, 0.25) is 0 Å². The highest BCUT2D eigenvalue weighted by Gasteiger charge is 2.12. The zero-order valence-electron chi connectivity index (χ0n) is 11.1. The molecule has 106 valence electrons. The van der Waals surface area contributed by atoms with Crippen LogP contribution in [0.1, 0.15) is 10.4 Å². The summed E-state index contributed by atoms with van der Waals surface area (Å²) in [4.78, 5) is 13.8. The van der Waals surface area contributed by atoms with Crippen molar-refractivity contribution >= 4 is 22.7 Å². The van der Waals surface area contributed by atoms with E-state index in [1.165, 1.54) is 10.9 Å². The Bertz CT molecular complexity index is 586.